The van der Waals surface area contributed by atoms with Gasteiger partial charge in [0.15, 0.2) is 9.84 Å². The first kappa shape index (κ1) is 18.1. The summed E-state index contributed by atoms with van der Waals surface area (Å²) in [6.45, 7) is 0.252. The van der Waals surface area contributed by atoms with Gasteiger partial charge >= 0.3 is 0 Å². The van der Waals surface area contributed by atoms with Crippen LogP contribution in [0.3, 0.4) is 0 Å². The largest absolute Gasteiger partial charge is 0.320 e. The van der Waals surface area contributed by atoms with Gasteiger partial charge in [-0.15, -0.1) is 11.8 Å². The normalized spacial score (nSPS) is 18.7. The highest BCUT2D eigenvalue weighted by Gasteiger charge is 2.36. The Hall–Kier alpha value is -1.26. The number of sulfone groups is 1. The number of nitrogens with zero attached hydrogens (tertiary/aromatic N) is 2. The molecule has 0 bridgehead atoms. The van der Waals surface area contributed by atoms with E-state index in [0.717, 1.165) is 6.26 Å². The number of carbonyl (C=O) groups excluding carboxylic acids is 1. The first-order valence-electron chi connectivity index (χ1n) is 6.65. The average Bonchev–Trinajstić information content (AvgIpc) is 2.52. The maximum Gasteiger partial charge on any atom is 0.282 e. The smallest absolute Gasteiger partial charge is 0.282 e. The van der Waals surface area contributed by atoms with Crippen LogP contribution in [0.1, 0.15) is 10.4 Å². The van der Waals surface area contributed by atoms with Crippen molar-refractivity contribution in [3.05, 3.63) is 33.9 Å². The maximum atomic E-state index is 12.8. The molecule has 0 saturated carbocycles. The minimum absolute atomic E-state index is 0.0672. The van der Waals surface area contributed by atoms with Crippen molar-refractivity contribution in [1.29, 1.82) is 0 Å². The molecular formula is C13H16N2O5S3. The van der Waals surface area contributed by atoms with Crippen molar-refractivity contribution < 1.29 is 18.1 Å². The van der Waals surface area contributed by atoms with E-state index < -0.39 is 26.0 Å². The molecule has 1 saturated heterocycles. The van der Waals surface area contributed by atoms with Crippen molar-refractivity contribution in [3.63, 3.8) is 0 Å². The number of nitro groups is 1. The number of amides is 1. The molecule has 2 rings (SSSR count). The molecule has 1 amide bonds. The number of nitro benzene ring substituents is 1. The molecule has 10 heteroatoms. The zero-order chi connectivity index (χ0) is 17.2. The second-order valence-electron chi connectivity index (χ2n) is 5.00. The van der Waals surface area contributed by atoms with Crippen molar-refractivity contribution in [3.8, 4) is 0 Å². The third kappa shape index (κ3) is 3.99. The monoisotopic (exact) mass is 376 g/mol. The van der Waals surface area contributed by atoms with Crippen LogP contribution in [-0.4, -0.2) is 60.1 Å². The molecular weight excluding hydrogens is 360 g/mol. The van der Waals surface area contributed by atoms with E-state index in [1.165, 1.54) is 40.6 Å². The second-order valence-corrected chi connectivity index (χ2v) is 9.23. The number of carbonyl (C=O) groups is 1. The van der Waals surface area contributed by atoms with Gasteiger partial charge in [-0.25, -0.2) is 8.42 Å². The number of rotatable bonds is 4. The van der Waals surface area contributed by atoms with Gasteiger partial charge < -0.3 is 4.90 Å². The molecule has 1 aromatic rings. The lowest BCUT2D eigenvalue weighted by molar-refractivity contribution is -0.385. The van der Waals surface area contributed by atoms with E-state index >= 15 is 0 Å². The van der Waals surface area contributed by atoms with Gasteiger partial charge in [0.05, 0.1) is 4.92 Å². The summed E-state index contributed by atoms with van der Waals surface area (Å²) in [4.78, 5) is 25.3. The van der Waals surface area contributed by atoms with Crippen LogP contribution in [0.25, 0.3) is 0 Å². The fourth-order valence-electron chi connectivity index (χ4n) is 2.30. The Morgan fingerprint density at radius 1 is 1.48 bits per heavy atom. The predicted octanol–water partition coefficient (Wildman–Crippen LogP) is 1.88. The van der Waals surface area contributed by atoms with E-state index in [2.05, 4.69) is 0 Å². The van der Waals surface area contributed by atoms with E-state index in [1.807, 2.05) is 0 Å². The Balaban J connectivity index is 2.47. The third-order valence-electron chi connectivity index (χ3n) is 3.47. The van der Waals surface area contributed by atoms with E-state index in [4.69, 9.17) is 0 Å². The molecule has 1 aromatic carbocycles. The van der Waals surface area contributed by atoms with Gasteiger partial charge in [0.2, 0.25) is 0 Å². The van der Waals surface area contributed by atoms with Crippen molar-refractivity contribution >= 4 is 45.0 Å². The quantitative estimate of drug-likeness (QED) is 0.449. The first-order valence-corrected chi connectivity index (χ1v) is 11.0. The van der Waals surface area contributed by atoms with Crippen molar-refractivity contribution in [2.24, 2.45) is 0 Å². The molecule has 23 heavy (non-hydrogen) atoms. The second kappa shape index (κ2) is 7.10. The topological polar surface area (TPSA) is 97.6 Å². The van der Waals surface area contributed by atoms with Gasteiger partial charge in [-0.05, 0) is 18.4 Å². The Labute approximate surface area is 142 Å². The molecule has 1 heterocycles. The highest BCUT2D eigenvalue weighted by Crippen LogP contribution is 2.29. The van der Waals surface area contributed by atoms with E-state index in [-0.39, 0.29) is 23.5 Å². The summed E-state index contributed by atoms with van der Waals surface area (Å²) in [7, 11) is -3.47. The predicted molar refractivity (Wildman–Crippen MR) is 91.9 cm³/mol. The van der Waals surface area contributed by atoms with E-state index in [9.17, 15) is 23.3 Å². The van der Waals surface area contributed by atoms with Crippen LogP contribution in [-0.2, 0) is 9.84 Å². The molecule has 1 atom stereocenters. The van der Waals surface area contributed by atoms with Crippen LogP contribution in [0.5, 0.6) is 0 Å². The van der Waals surface area contributed by atoms with Gasteiger partial charge in [0, 0.05) is 35.3 Å². The SMILES string of the molecule is CSc1ccc([N+](=O)[O-])c(C(=O)N2CCSCC2S(C)(=O)=O)c1. The van der Waals surface area contributed by atoms with Gasteiger partial charge in [-0.1, -0.05) is 0 Å². The lowest BCUT2D eigenvalue weighted by Crippen LogP contribution is -2.50. The van der Waals surface area contributed by atoms with Crippen molar-refractivity contribution in [1.82, 2.24) is 4.90 Å². The van der Waals surface area contributed by atoms with Crippen LogP contribution in [0.2, 0.25) is 0 Å². The lowest BCUT2D eigenvalue weighted by Gasteiger charge is -2.34. The number of hydrogen-bond acceptors (Lipinski definition) is 7. The molecule has 1 aliphatic heterocycles. The molecule has 0 aromatic heterocycles. The summed E-state index contributed by atoms with van der Waals surface area (Å²) in [5.41, 5.74) is -0.374. The zero-order valence-corrected chi connectivity index (χ0v) is 15.0. The molecule has 1 unspecified atom stereocenters. The van der Waals surface area contributed by atoms with Gasteiger partial charge in [0.25, 0.3) is 11.6 Å². The number of hydrogen-bond donors (Lipinski definition) is 0. The Morgan fingerprint density at radius 2 is 2.17 bits per heavy atom. The highest BCUT2D eigenvalue weighted by molar-refractivity contribution is 8.00. The Bertz CT molecular complexity index is 735. The van der Waals surface area contributed by atoms with Crippen LogP contribution < -0.4 is 0 Å². The van der Waals surface area contributed by atoms with Gasteiger partial charge in [-0.2, -0.15) is 11.8 Å². The minimum atomic E-state index is -3.47. The van der Waals surface area contributed by atoms with E-state index in [1.54, 1.807) is 12.3 Å². The third-order valence-corrected chi connectivity index (χ3v) is 6.84. The standard InChI is InChI=1S/C13H16N2O5S3/c1-21-9-3-4-11(15(17)18)10(7-9)13(16)14-5-6-22-8-12(14)23(2,19)20/h3-4,7,12H,5-6,8H2,1-2H3. The molecule has 0 radical (unpaired) electrons. The fourth-order valence-corrected chi connectivity index (χ4v) is 5.55. The number of thioether (sulfide) groups is 2. The van der Waals surface area contributed by atoms with Crippen LogP contribution >= 0.6 is 23.5 Å². The Morgan fingerprint density at radius 3 is 2.74 bits per heavy atom. The summed E-state index contributed by atoms with van der Waals surface area (Å²) in [6.07, 6.45) is 2.88. The summed E-state index contributed by atoms with van der Waals surface area (Å²) in [6, 6.07) is 4.30. The first-order chi connectivity index (χ1) is 10.8. The molecule has 7 nitrogen and oxygen atoms in total. The van der Waals surface area contributed by atoms with Crippen LogP contribution in [0.15, 0.2) is 23.1 Å². The summed E-state index contributed by atoms with van der Waals surface area (Å²) < 4.78 is 23.9. The molecule has 126 valence electrons. The number of benzene rings is 1. The highest BCUT2D eigenvalue weighted by atomic mass is 32.2. The molecule has 0 N–H and O–H groups in total. The molecule has 1 fully saturated rings. The zero-order valence-electron chi connectivity index (χ0n) is 12.6. The molecule has 0 aliphatic carbocycles. The summed E-state index contributed by atoms with van der Waals surface area (Å²) in [5.74, 6) is 0.275. The summed E-state index contributed by atoms with van der Waals surface area (Å²) >= 11 is 2.81. The van der Waals surface area contributed by atoms with Crippen molar-refractivity contribution in [2.45, 2.75) is 10.3 Å². The minimum Gasteiger partial charge on any atom is -0.320 e. The Kier molecular flexibility index (Phi) is 5.58. The van der Waals surface area contributed by atoms with Gasteiger partial charge in [0.1, 0.15) is 10.9 Å². The van der Waals surface area contributed by atoms with Gasteiger partial charge in [-0.3, -0.25) is 14.9 Å². The molecule has 0 spiro atoms. The summed E-state index contributed by atoms with van der Waals surface area (Å²) in [5, 5.41) is 10.2. The fraction of sp³-hybridized carbons (Fsp3) is 0.462. The average molecular weight is 376 g/mol. The van der Waals surface area contributed by atoms with Crippen LogP contribution in [0, 0.1) is 10.1 Å². The molecule has 1 aliphatic rings. The van der Waals surface area contributed by atoms with Crippen molar-refractivity contribution in [2.75, 3.05) is 30.6 Å². The van der Waals surface area contributed by atoms with E-state index in [0.29, 0.717) is 10.6 Å². The lowest BCUT2D eigenvalue weighted by atomic mass is 10.1. The maximum absolute atomic E-state index is 12.8. The van der Waals surface area contributed by atoms with Crippen LogP contribution in [0.4, 0.5) is 5.69 Å².